The number of rotatable bonds is 4. The first-order chi connectivity index (χ1) is 12.8. The molecule has 5 nitrogen and oxygen atoms in total. The number of carbonyl (C=O) groups is 1. The van der Waals surface area contributed by atoms with Crippen molar-refractivity contribution in [3.63, 3.8) is 0 Å². The molecule has 3 aliphatic rings. The molecule has 2 saturated heterocycles. The predicted molar refractivity (Wildman–Crippen MR) is 110 cm³/mol. The average molecular weight is 389 g/mol. The van der Waals surface area contributed by atoms with Crippen LogP contribution in [0, 0.1) is 5.92 Å². The lowest BCUT2D eigenvalue weighted by Gasteiger charge is -2.28. The molecule has 2 aliphatic heterocycles. The molecular formula is C21H29ClN4O. The minimum atomic E-state index is 0. The van der Waals surface area contributed by atoms with Crippen molar-refractivity contribution in [2.75, 3.05) is 5.32 Å². The van der Waals surface area contributed by atoms with Gasteiger partial charge in [-0.05, 0) is 56.6 Å². The van der Waals surface area contributed by atoms with Crippen LogP contribution in [-0.4, -0.2) is 27.5 Å². The van der Waals surface area contributed by atoms with E-state index in [0.29, 0.717) is 30.5 Å². The first-order valence-electron chi connectivity index (χ1n) is 10.3. The molecule has 2 unspecified atom stereocenters. The van der Waals surface area contributed by atoms with Gasteiger partial charge in [-0.15, -0.1) is 12.4 Å². The Balaban J connectivity index is 0.00000180. The number of hydrogen-bond donors (Lipinski definition) is 2. The van der Waals surface area contributed by atoms with E-state index >= 15 is 0 Å². The molecule has 27 heavy (non-hydrogen) atoms. The Labute approximate surface area is 166 Å². The van der Waals surface area contributed by atoms with E-state index in [1.807, 2.05) is 12.1 Å². The largest absolute Gasteiger partial charge is 0.311 e. The maximum atomic E-state index is 12.8. The molecule has 1 amide bonds. The van der Waals surface area contributed by atoms with E-state index in [9.17, 15) is 4.79 Å². The lowest BCUT2D eigenvalue weighted by molar-refractivity contribution is -0.117. The van der Waals surface area contributed by atoms with Gasteiger partial charge in [-0.25, -0.2) is 4.98 Å². The van der Waals surface area contributed by atoms with E-state index in [0.717, 1.165) is 29.8 Å². The molecule has 1 saturated carbocycles. The fourth-order valence-electron chi connectivity index (χ4n) is 5.44. The zero-order valence-corrected chi connectivity index (χ0v) is 16.5. The molecule has 2 bridgehead atoms. The van der Waals surface area contributed by atoms with Gasteiger partial charge in [0.05, 0.1) is 11.0 Å². The van der Waals surface area contributed by atoms with Crippen LogP contribution in [0.15, 0.2) is 24.3 Å². The molecular weight excluding hydrogens is 360 g/mol. The van der Waals surface area contributed by atoms with Crippen LogP contribution < -0.4 is 10.6 Å². The number of aromatic nitrogens is 2. The number of fused-ring (bicyclic) bond motifs is 3. The van der Waals surface area contributed by atoms with Crippen molar-refractivity contribution in [1.82, 2.24) is 14.9 Å². The second-order valence-corrected chi connectivity index (χ2v) is 8.46. The Kier molecular flexibility index (Phi) is 5.42. The van der Waals surface area contributed by atoms with E-state index in [1.165, 1.54) is 38.5 Å². The number of anilines is 1. The topological polar surface area (TPSA) is 59.0 Å². The number of nitrogens with zero attached hydrogens (tertiary/aromatic N) is 2. The van der Waals surface area contributed by atoms with Crippen LogP contribution >= 0.6 is 12.4 Å². The van der Waals surface area contributed by atoms with Gasteiger partial charge in [0.25, 0.3) is 0 Å². The van der Waals surface area contributed by atoms with Gasteiger partial charge >= 0.3 is 0 Å². The van der Waals surface area contributed by atoms with Gasteiger partial charge in [-0.2, -0.15) is 0 Å². The summed E-state index contributed by atoms with van der Waals surface area (Å²) in [6.07, 6.45) is 10.4. The predicted octanol–water partition coefficient (Wildman–Crippen LogP) is 4.43. The molecule has 2 N–H and O–H groups in total. The molecule has 6 heteroatoms. The summed E-state index contributed by atoms with van der Waals surface area (Å²) < 4.78 is 2.28. The molecule has 146 valence electrons. The molecule has 2 atom stereocenters. The number of para-hydroxylation sites is 2. The molecule has 3 fully saturated rings. The fraction of sp³-hybridized carbons (Fsp3) is 0.619. The van der Waals surface area contributed by atoms with Gasteiger partial charge in [-0.1, -0.05) is 25.0 Å². The van der Waals surface area contributed by atoms with Crippen LogP contribution in [0.1, 0.15) is 63.8 Å². The van der Waals surface area contributed by atoms with Crippen molar-refractivity contribution >= 4 is 35.3 Å². The number of piperidine rings is 1. The first kappa shape index (κ1) is 18.8. The minimum Gasteiger partial charge on any atom is -0.311 e. The highest BCUT2D eigenvalue weighted by molar-refractivity contribution is 5.91. The number of amides is 1. The highest BCUT2D eigenvalue weighted by Gasteiger charge is 2.34. The lowest BCUT2D eigenvalue weighted by Crippen LogP contribution is -2.39. The number of benzene rings is 1. The molecule has 3 heterocycles. The van der Waals surface area contributed by atoms with Crippen molar-refractivity contribution in [3.05, 3.63) is 24.3 Å². The van der Waals surface area contributed by atoms with Crippen molar-refractivity contribution < 1.29 is 4.79 Å². The normalized spacial score (nSPS) is 27.6. The Hall–Kier alpha value is -1.59. The molecule has 0 radical (unpaired) electrons. The second-order valence-electron chi connectivity index (χ2n) is 8.46. The highest BCUT2D eigenvalue weighted by atomic mass is 35.5. The minimum absolute atomic E-state index is 0. The van der Waals surface area contributed by atoms with Crippen LogP contribution in [-0.2, 0) is 4.79 Å². The van der Waals surface area contributed by atoms with Crippen molar-refractivity contribution in [1.29, 1.82) is 0 Å². The molecule has 1 aromatic heterocycles. The average Bonchev–Trinajstić information content (AvgIpc) is 3.33. The van der Waals surface area contributed by atoms with Crippen LogP contribution in [0.3, 0.4) is 0 Å². The summed E-state index contributed by atoms with van der Waals surface area (Å²) in [7, 11) is 0. The standard InChI is InChI=1S/C21H28N4O.ClH/c26-20(13-14-11-15-9-10-16(12-14)22-15)24-21-23-18-7-3-4-8-19(18)25(21)17-5-1-2-6-17;/h3-4,7-8,14-17,22H,1-2,5-6,9-13H2,(H,23,24,26);1H. The Morgan fingerprint density at radius 3 is 2.56 bits per heavy atom. The van der Waals surface area contributed by atoms with E-state index in [4.69, 9.17) is 4.98 Å². The van der Waals surface area contributed by atoms with Gasteiger partial charge in [-0.3, -0.25) is 10.1 Å². The van der Waals surface area contributed by atoms with Gasteiger partial charge in [0.2, 0.25) is 11.9 Å². The summed E-state index contributed by atoms with van der Waals surface area (Å²) in [5, 5.41) is 6.83. The van der Waals surface area contributed by atoms with Gasteiger partial charge in [0, 0.05) is 24.5 Å². The number of carbonyl (C=O) groups excluding carboxylic acids is 1. The van der Waals surface area contributed by atoms with E-state index in [2.05, 4.69) is 27.3 Å². The van der Waals surface area contributed by atoms with Crippen LogP contribution in [0.25, 0.3) is 11.0 Å². The van der Waals surface area contributed by atoms with Crippen LogP contribution in [0.2, 0.25) is 0 Å². The van der Waals surface area contributed by atoms with Gasteiger partial charge < -0.3 is 9.88 Å². The second kappa shape index (κ2) is 7.80. The SMILES string of the molecule is Cl.O=C(CC1CC2CCC(C1)N2)Nc1nc2ccccc2n1C1CCCC1. The Bertz CT molecular complexity index is 802. The Morgan fingerprint density at radius 2 is 1.81 bits per heavy atom. The molecule has 1 aliphatic carbocycles. The third-order valence-electron chi connectivity index (χ3n) is 6.58. The number of imidazole rings is 1. The number of halogens is 1. The third kappa shape index (κ3) is 3.72. The number of hydrogen-bond acceptors (Lipinski definition) is 3. The summed E-state index contributed by atoms with van der Waals surface area (Å²) in [4.78, 5) is 17.5. The summed E-state index contributed by atoms with van der Waals surface area (Å²) in [6.45, 7) is 0. The fourth-order valence-corrected chi connectivity index (χ4v) is 5.44. The van der Waals surface area contributed by atoms with Crippen LogP contribution in [0.4, 0.5) is 5.95 Å². The molecule has 5 rings (SSSR count). The third-order valence-corrected chi connectivity index (χ3v) is 6.58. The first-order valence-corrected chi connectivity index (χ1v) is 10.3. The van der Waals surface area contributed by atoms with Gasteiger partial charge in [0.15, 0.2) is 0 Å². The maximum Gasteiger partial charge on any atom is 0.226 e. The highest BCUT2D eigenvalue weighted by Crippen LogP contribution is 2.36. The van der Waals surface area contributed by atoms with Crippen LogP contribution in [0.5, 0.6) is 0 Å². The van der Waals surface area contributed by atoms with E-state index in [1.54, 1.807) is 0 Å². The zero-order valence-electron chi connectivity index (χ0n) is 15.7. The van der Waals surface area contributed by atoms with Crippen molar-refractivity contribution in [2.24, 2.45) is 5.92 Å². The Morgan fingerprint density at radius 1 is 1.11 bits per heavy atom. The molecule has 0 spiro atoms. The molecule has 2 aromatic rings. The maximum absolute atomic E-state index is 12.8. The quantitative estimate of drug-likeness (QED) is 0.814. The summed E-state index contributed by atoms with van der Waals surface area (Å²) >= 11 is 0. The molecule has 1 aromatic carbocycles. The lowest BCUT2D eigenvalue weighted by atomic mass is 9.89. The van der Waals surface area contributed by atoms with Crippen molar-refractivity contribution in [2.45, 2.75) is 75.9 Å². The summed E-state index contributed by atoms with van der Waals surface area (Å²) in [5.74, 6) is 1.39. The summed E-state index contributed by atoms with van der Waals surface area (Å²) in [6, 6.07) is 9.98. The zero-order chi connectivity index (χ0) is 17.5. The van der Waals surface area contributed by atoms with E-state index < -0.39 is 0 Å². The van der Waals surface area contributed by atoms with Gasteiger partial charge in [0.1, 0.15) is 0 Å². The number of nitrogens with one attached hydrogen (secondary N) is 2. The van der Waals surface area contributed by atoms with E-state index in [-0.39, 0.29) is 18.3 Å². The monoisotopic (exact) mass is 388 g/mol. The van der Waals surface area contributed by atoms with Crippen molar-refractivity contribution in [3.8, 4) is 0 Å². The smallest absolute Gasteiger partial charge is 0.226 e. The summed E-state index contributed by atoms with van der Waals surface area (Å²) in [5.41, 5.74) is 2.13.